The second kappa shape index (κ2) is 9.01. The van der Waals surface area contributed by atoms with Crippen LogP contribution in [0, 0.1) is 6.92 Å². The molecular formula is C25H25N3O4. The molecule has 0 N–H and O–H groups in total. The van der Waals surface area contributed by atoms with Crippen LogP contribution in [-0.2, 0) is 6.54 Å². The van der Waals surface area contributed by atoms with E-state index in [-0.39, 0.29) is 5.91 Å². The molecule has 0 bridgehead atoms. The van der Waals surface area contributed by atoms with Crippen molar-refractivity contribution in [3.05, 3.63) is 84.1 Å². The van der Waals surface area contributed by atoms with Crippen LogP contribution in [0.5, 0.6) is 11.5 Å². The van der Waals surface area contributed by atoms with E-state index in [1.54, 1.807) is 30.8 Å². The van der Waals surface area contributed by atoms with Crippen LogP contribution in [0.15, 0.2) is 71.3 Å². The zero-order valence-electron chi connectivity index (χ0n) is 18.5. The molecule has 4 aromatic rings. The molecule has 0 aliphatic heterocycles. The molecule has 0 fully saturated rings. The average molecular weight is 431 g/mol. The largest absolute Gasteiger partial charge is 0.493 e. The Morgan fingerprint density at radius 3 is 2.44 bits per heavy atom. The minimum atomic E-state index is -0.210. The van der Waals surface area contributed by atoms with E-state index in [4.69, 9.17) is 13.9 Å². The first-order valence-electron chi connectivity index (χ1n) is 10.2. The van der Waals surface area contributed by atoms with Crippen molar-refractivity contribution in [2.75, 3.05) is 21.3 Å². The van der Waals surface area contributed by atoms with Crippen molar-refractivity contribution in [2.45, 2.75) is 13.5 Å². The molecule has 32 heavy (non-hydrogen) atoms. The number of aromatic nitrogens is 2. The van der Waals surface area contributed by atoms with E-state index in [0.29, 0.717) is 35.1 Å². The normalized spacial score (nSPS) is 10.8. The zero-order chi connectivity index (χ0) is 22.7. The van der Waals surface area contributed by atoms with Crippen molar-refractivity contribution >= 4 is 5.91 Å². The lowest BCUT2D eigenvalue weighted by atomic mass is 10.0. The number of nitrogens with zero attached hydrogens (tertiary/aromatic N) is 3. The molecule has 0 unspecified atom stereocenters. The minimum absolute atomic E-state index is 0.210. The maximum atomic E-state index is 13.4. The molecule has 7 nitrogen and oxygen atoms in total. The highest BCUT2D eigenvalue weighted by atomic mass is 16.5. The Labute approximate surface area is 186 Å². The second-order valence-electron chi connectivity index (χ2n) is 7.41. The third-order valence-electron chi connectivity index (χ3n) is 5.17. The van der Waals surface area contributed by atoms with Crippen molar-refractivity contribution in [1.82, 2.24) is 14.7 Å². The number of furan rings is 1. The van der Waals surface area contributed by atoms with Crippen molar-refractivity contribution in [3.63, 3.8) is 0 Å². The fourth-order valence-corrected chi connectivity index (χ4v) is 3.52. The first-order valence-corrected chi connectivity index (χ1v) is 10.2. The molecule has 164 valence electrons. The molecule has 0 aliphatic rings. The molecule has 0 radical (unpaired) electrons. The van der Waals surface area contributed by atoms with Crippen LogP contribution >= 0.6 is 0 Å². The molecule has 2 aromatic carbocycles. The molecule has 7 heteroatoms. The van der Waals surface area contributed by atoms with E-state index in [9.17, 15) is 4.79 Å². The van der Waals surface area contributed by atoms with E-state index < -0.39 is 0 Å². The highest BCUT2D eigenvalue weighted by Crippen LogP contribution is 2.34. The summed E-state index contributed by atoms with van der Waals surface area (Å²) in [5.74, 6) is 2.51. The van der Waals surface area contributed by atoms with E-state index in [1.807, 2.05) is 73.8 Å². The number of amides is 1. The SMILES string of the molecule is COc1ccc(-c2cn(-c3ccccc3)nc2C(=O)N(C)Cc2ccc(C)o2)cc1OC. The fraction of sp³-hybridized carbons (Fsp3) is 0.200. The van der Waals surface area contributed by atoms with E-state index in [2.05, 4.69) is 5.10 Å². The molecule has 1 amide bonds. The zero-order valence-corrected chi connectivity index (χ0v) is 18.5. The van der Waals surface area contributed by atoms with Crippen LogP contribution in [0.2, 0.25) is 0 Å². The van der Waals surface area contributed by atoms with Crippen LogP contribution in [-0.4, -0.2) is 41.9 Å². The summed E-state index contributed by atoms with van der Waals surface area (Å²) >= 11 is 0. The van der Waals surface area contributed by atoms with Gasteiger partial charge in [0, 0.05) is 18.8 Å². The second-order valence-corrected chi connectivity index (χ2v) is 7.41. The molecule has 0 spiro atoms. The van der Waals surface area contributed by atoms with Crippen molar-refractivity contribution < 1.29 is 18.7 Å². The monoisotopic (exact) mass is 431 g/mol. The van der Waals surface area contributed by atoms with E-state index >= 15 is 0 Å². The van der Waals surface area contributed by atoms with Gasteiger partial charge in [-0.05, 0) is 48.9 Å². The third kappa shape index (κ3) is 4.23. The number of methoxy groups -OCH3 is 2. The highest BCUT2D eigenvalue weighted by Gasteiger charge is 2.23. The lowest BCUT2D eigenvalue weighted by Crippen LogP contribution is -2.27. The van der Waals surface area contributed by atoms with Gasteiger partial charge in [-0.3, -0.25) is 4.79 Å². The van der Waals surface area contributed by atoms with E-state index in [0.717, 1.165) is 17.0 Å². The van der Waals surface area contributed by atoms with Gasteiger partial charge in [-0.25, -0.2) is 4.68 Å². The molecule has 0 saturated heterocycles. The van der Waals surface area contributed by atoms with Gasteiger partial charge < -0.3 is 18.8 Å². The first-order chi connectivity index (χ1) is 15.5. The van der Waals surface area contributed by atoms with Gasteiger partial charge >= 0.3 is 0 Å². The van der Waals surface area contributed by atoms with Gasteiger partial charge in [-0.1, -0.05) is 24.3 Å². The Morgan fingerprint density at radius 2 is 1.78 bits per heavy atom. The number of rotatable bonds is 7. The maximum absolute atomic E-state index is 13.4. The van der Waals surface area contributed by atoms with Crippen molar-refractivity contribution in [1.29, 1.82) is 0 Å². The first kappa shape index (κ1) is 21.2. The number of benzene rings is 2. The molecule has 0 saturated carbocycles. The molecule has 0 aliphatic carbocycles. The number of carbonyl (C=O) groups is 1. The van der Waals surface area contributed by atoms with Gasteiger partial charge in [-0.2, -0.15) is 5.10 Å². The third-order valence-corrected chi connectivity index (χ3v) is 5.17. The Kier molecular flexibility index (Phi) is 5.98. The van der Waals surface area contributed by atoms with Crippen LogP contribution in [0.3, 0.4) is 0 Å². The standard InChI is InChI=1S/C25H25N3O4/c1-17-10-12-20(32-17)15-27(2)25(29)24-21(16-28(26-24)19-8-6-5-7-9-19)18-11-13-22(30-3)23(14-18)31-4/h5-14,16H,15H2,1-4H3. The topological polar surface area (TPSA) is 69.7 Å². The summed E-state index contributed by atoms with van der Waals surface area (Å²) in [7, 11) is 4.91. The van der Waals surface area contributed by atoms with Crippen LogP contribution in [0.4, 0.5) is 0 Å². The lowest BCUT2D eigenvalue weighted by Gasteiger charge is -2.15. The Balaban J connectivity index is 1.76. The Bertz CT molecular complexity index is 1230. The number of aryl methyl sites for hydroxylation is 1. The highest BCUT2D eigenvalue weighted by molar-refractivity contribution is 5.99. The molecule has 0 atom stereocenters. The summed E-state index contributed by atoms with van der Waals surface area (Å²) < 4.78 is 18.2. The molecular weight excluding hydrogens is 406 g/mol. The smallest absolute Gasteiger partial charge is 0.275 e. The number of hydrogen-bond acceptors (Lipinski definition) is 5. The van der Waals surface area contributed by atoms with Gasteiger partial charge in [0.05, 0.1) is 26.5 Å². The average Bonchev–Trinajstić information content (AvgIpc) is 3.45. The van der Waals surface area contributed by atoms with Crippen molar-refractivity contribution in [2.24, 2.45) is 0 Å². The van der Waals surface area contributed by atoms with E-state index in [1.165, 1.54) is 0 Å². The number of carbonyl (C=O) groups excluding carboxylic acids is 1. The van der Waals surface area contributed by atoms with Crippen LogP contribution in [0.1, 0.15) is 22.0 Å². The lowest BCUT2D eigenvalue weighted by molar-refractivity contribution is 0.0769. The van der Waals surface area contributed by atoms with Gasteiger partial charge in [0.2, 0.25) is 0 Å². The summed E-state index contributed by atoms with van der Waals surface area (Å²) in [5, 5.41) is 4.65. The molecule has 2 heterocycles. The van der Waals surface area contributed by atoms with Gasteiger partial charge in [0.15, 0.2) is 17.2 Å². The maximum Gasteiger partial charge on any atom is 0.275 e. The summed E-state index contributed by atoms with van der Waals surface area (Å²) in [6.45, 7) is 2.22. The predicted octanol–water partition coefficient (Wildman–Crippen LogP) is 4.73. The quantitative estimate of drug-likeness (QED) is 0.423. The number of hydrogen-bond donors (Lipinski definition) is 0. The van der Waals surface area contributed by atoms with Crippen LogP contribution in [0.25, 0.3) is 16.8 Å². The van der Waals surface area contributed by atoms with Crippen LogP contribution < -0.4 is 9.47 Å². The molecule has 4 rings (SSSR count). The number of para-hydroxylation sites is 1. The summed E-state index contributed by atoms with van der Waals surface area (Å²) in [4.78, 5) is 15.0. The predicted molar refractivity (Wildman–Crippen MR) is 121 cm³/mol. The summed E-state index contributed by atoms with van der Waals surface area (Å²) in [5.41, 5.74) is 2.70. The van der Waals surface area contributed by atoms with Gasteiger partial charge in [0.25, 0.3) is 5.91 Å². The Hall–Kier alpha value is -4.00. The van der Waals surface area contributed by atoms with Crippen molar-refractivity contribution in [3.8, 4) is 28.3 Å². The van der Waals surface area contributed by atoms with Gasteiger partial charge in [0.1, 0.15) is 11.5 Å². The summed E-state index contributed by atoms with van der Waals surface area (Å²) in [6, 6.07) is 19.0. The fourth-order valence-electron chi connectivity index (χ4n) is 3.52. The minimum Gasteiger partial charge on any atom is -0.493 e. The molecule has 2 aromatic heterocycles. The number of ether oxygens (including phenoxy) is 2. The Morgan fingerprint density at radius 1 is 1.03 bits per heavy atom. The summed E-state index contributed by atoms with van der Waals surface area (Å²) in [6.07, 6.45) is 1.86. The van der Waals surface area contributed by atoms with Gasteiger partial charge in [-0.15, -0.1) is 0 Å².